The molecule has 0 amide bonds. The van der Waals surface area contributed by atoms with Crippen LogP contribution in [-0.2, 0) is 16.6 Å². The summed E-state index contributed by atoms with van der Waals surface area (Å²) in [4.78, 5) is 0.232. The summed E-state index contributed by atoms with van der Waals surface area (Å²) in [6.45, 7) is 2.21. The fourth-order valence-electron chi connectivity index (χ4n) is 2.72. The molecule has 0 spiro atoms. The van der Waals surface area contributed by atoms with Crippen LogP contribution in [0.1, 0.15) is 11.1 Å². The third-order valence-electron chi connectivity index (χ3n) is 4.11. The minimum absolute atomic E-state index is 0.232. The average molecular weight is 367 g/mol. The Labute approximate surface area is 154 Å². The number of ether oxygens (including phenoxy) is 1. The number of benzene rings is 3. The van der Waals surface area contributed by atoms with Crippen LogP contribution in [0.3, 0.4) is 0 Å². The molecule has 3 rings (SSSR count). The van der Waals surface area contributed by atoms with Crippen molar-refractivity contribution >= 4 is 15.7 Å². The molecule has 3 aromatic carbocycles. The SMILES string of the molecule is COc1ccc(S(=O)(=O)N(Cc2ccccc2)c2cccc(C)c2)cc1. The van der Waals surface area contributed by atoms with E-state index in [1.165, 1.54) is 4.31 Å². The average Bonchev–Trinajstić information content (AvgIpc) is 2.67. The van der Waals surface area contributed by atoms with E-state index in [1.54, 1.807) is 31.4 Å². The van der Waals surface area contributed by atoms with Gasteiger partial charge in [0.05, 0.1) is 24.2 Å². The maximum atomic E-state index is 13.3. The van der Waals surface area contributed by atoms with Gasteiger partial charge < -0.3 is 4.74 Å². The molecule has 3 aromatic rings. The van der Waals surface area contributed by atoms with Gasteiger partial charge in [-0.05, 0) is 54.4 Å². The van der Waals surface area contributed by atoms with Crippen LogP contribution in [0.25, 0.3) is 0 Å². The van der Waals surface area contributed by atoms with Crippen LogP contribution in [0, 0.1) is 6.92 Å². The minimum Gasteiger partial charge on any atom is -0.497 e. The van der Waals surface area contributed by atoms with E-state index >= 15 is 0 Å². The van der Waals surface area contributed by atoms with Gasteiger partial charge in [0.15, 0.2) is 0 Å². The van der Waals surface area contributed by atoms with Crippen LogP contribution >= 0.6 is 0 Å². The molecular formula is C21H21NO3S. The van der Waals surface area contributed by atoms with Crippen LogP contribution in [-0.4, -0.2) is 15.5 Å². The molecule has 0 aliphatic rings. The van der Waals surface area contributed by atoms with Crippen LogP contribution in [0.15, 0.2) is 83.8 Å². The Morgan fingerprint density at radius 1 is 0.885 bits per heavy atom. The topological polar surface area (TPSA) is 46.6 Å². The fraction of sp³-hybridized carbons (Fsp3) is 0.143. The summed E-state index contributed by atoms with van der Waals surface area (Å²) in [5.41, 5.74) is 2.57. The van der Waals surface area contributed by atoms with Gasteiger partial charge in [-0.25, -0.2) is 8.42 Å². The molecule has 0 N–H and O–H groups in total. The monoisotopic (exact) mass is 367 g/mol. The van der Waals surface area contributed by atoms with Crippen LogP contribution in [0.5, 0.6) is 5.75 Å². The summed E-state index contributed by atoms with van der Waals surface area (Å²) in [6, 6.07) is 23.5. The number of nitrogens with zero attached hydrogens (tertiary/aromatic N) is 1. The summed E-state index contributed by atoms with van der Waals surface area (Å²) in [6.07, 6.45) is 0. The Balaban J connectivity index is 2.06. The fourth-order valence-corrected chi connectivity index (χ4v) is 4.17. The first kappa shape index (κ1) is 18.0. The van der Waals surface area contributed by atoms with Crippen LogP contribution in [0.4, 0.5) is 5.69 Å². The molecule has 0 bridgehead atoms. The standard InChI is InChI=1S/C21H21NO3S/c1-17-7-6-10-19(15-17)22(16-18-8-4-3-5-9-18)26(23,24)21-13-11-20(25-2)12-14-21/h3-15H,16H2,1-2H3. The maximum Gasteiger partial charge on any atom is 0.264 e. The zero-order valence-corrected chi connectivity index (χ0v) is 15.6. The highest BCUT2D eigenvalue weighted by molar-refractivity contribution is 7.92. The van der Waals surface area contributed by atoms with Crippen molar-refractivity contribution in [1.82, 2.24) is 0 Å². The lowest BCUT2D eigenvalue weighted by molar-refractivity contribution is 0.414. The smallest absolute Gasteiger partial charge is 0.264 e. The first-order chi connectivity index (χ1) is 12.5. The normalized spacial score (nSPS) is 11.2. The van der Waals surface area contributed by atoms with E-state index in [4.69, 9.17) is 4.74 Å². The van der Waals surface area contributed by atoms with E-state index in [2.05, 4.69) is 0 Å². The molecule has 5 heteroatoms. The van der Waals surface area contributed by atoms with Gasteiger partial charge in [0, 0.05) is 0 Å². The van der Waals surface area contributed by atoms with E-state index < -0.39 is 10.0 Å². The Kier molecular flexibility index (Phi) is 5.28. The molecule has 0 saturated heterocycles. The molecule has 134 valence electrons. The van der Waals surface area contributed by atoms with Gasteiger partial charge in [0.25, 0.3) is 10.0 Å². The van der Waals surface area contributed by atoms with E-state index in [0.29, 0.717) is 11.4 Å². The summed E-state index contributed by atoms with van der Waals surface area (Å²) in [5.74, 6) is 0.620. The number of hydrogen-bond donors (Lipinski definition) is 0. The molecule has 0 aromatic heterocycles. The molecule has 4 nitrogen and oxygen atoms in total. The Morgan fingerprint density at radius 2 is 1.58 bits per heavy atom. The molecule has 0 fully saturated rings. The van der Waals surface area contributed by atoms with Gasteiger partial charge in [0.1, 0.15) is 5.75 Å². The lowest BCUT2D eigenvalue weighted by Gasteiger charge is -2.25. The van der Waals surface area contributed by atoms with E-state index in [0.717, 1.165) is 11.1 Å². The quantitative estimate of drug-likeness (QED) is 0.649. The summed E-state index contributed by atoms with van der Waals surface area (Å²) in [7, 11) is -2.16. The predicted molar refractivity (Wildman–Crippen MR) is 104 cm³/mol. The Hall–Kier alpha value is -2.79. The lowest BCUT2D eigenvalue weighted by Crippen LogP contribution is -2.30. The number of methoxy groups -OCH3 is 1. The summed E-state index contributed by atoms with van der Waals surface area (Å²) >= 11 is 0. The van der Waals surface area contributed by atoms with Crippen LogP contribution in [0.2, 0.25) is 0 Å². The molecule has 0 aliphatic heterocycles. The van der Waals surface area contributed by atoms with Gasteiger partial charge in [-0.3, -0.25) is 4.31 Å². The number of hydrogen-bond acceptors (Lipinski definition) is 3. The largest absolute Gasteiger partial charge is 0.497 e. The van der Waals surface area contributed by atoms with Crippen molar-refractivity contribution in [3.63, 3.8) is 0 Å². The Morgan fingerprint density at radius 3 is 2.19 bits per heavy atom. The molecule has 0 unspecified atom stereocenters. The molecule has 0 aliphatic carbocycles. The zero-order chi connectivity index (χ0) is 18.6. The zero-order valence-electron chi connectivity index (χ0n) is 14.8. The van der Waals surface area contributed by atoms with Gasteiger partial charge in [-0.15, -0.1) is 0 Å². The third-order valence-corrected chi connectivity index (χ3v) is 5.89. The number of sulfonamides is 1. The molecule has 0 heterocycles. The highest BCUT2D eigenvalue weighted by Crippen LogP contribution is 2.27. The van der Waals surface area contributed by atoms with Crippen molar-refractivity contribution in [2.45, 2.75) is 18.4 Å². The maximum absolute atomic E-state index is 13.3. The van der Waals surface area contributed by atoms with Crippen molar-refractivity contribution in [2.24, 2.45) is 0 Å². The van der Waals surface area contributed by atoms with Crippen molar-refractivity contribution < 1.29 is 13.2 Å². The summed E-state index contributed by atoms with van der Waals surface area (Å²) in [5, 5.41) is 0. The number of anilines is 1. The van der Waals surface area contributed by atoms with Crippen molar-refractivity contribution in [1.29, 1.82) is 0 Å². The second kappa shape index (κ2) is 7.62. The molecule has 26 heavy (non-hydrogen) atoms. The van der Waals surface area contributed by atoms with E-state index in [-0.39, 0.29) is 11.4 Å². The number of aryl methyl sites for hydroxylation is 1. The lowest BCUT2D eigenvalue weighted by atomic mass is 10.2. The van der Waals surface area contributed by atoms with Crippen molar-refractivity contribution in [3.8, 4) is 5.75 Å². The van der Waals surface area contributed by atoms with Gasteiger partial charge in [-0.1, -0.05) is 42.5 Å². The van der Waals surface area contributed by atoms with Gasteiger partial charge >= 0.3 is 0 Å². The minimum atomic E-state index is -3.72. The molecule has 0 radical (unpaired) electrons. The first-order valence-corrected chi connectivity index (χ1v) is 9.72. The molecular weight excluding hydrogens is 346 g/mol. The third kappa shape index (κ3) is 3.89. The molecule has 0 saturated carbocycles. The number of rotatable bonds is 6. The van der Waals surface area contributed by atoms with E-state index in [9.17, 15) is 8.42 Å². The predicted octanol–water partition coefficient (Wildman–Crippen LogP) is 4.40. The second-order valence-corrected chi connectivity index (χ2v) is 7.87. The second-order valence-electron chi connectivity index (χ2n) is 6.01. The van der Waals surface area contributed by atoms with Crippen LogP contribution < -0.4 is 9.04 Å². The first-order valence-electron chi connectivity index (χ1n) is 8.28. The van der Waals surface area contributed by atoms with Crippen molar-refractivity contribution in [3.05, 3.63) is 90.0 Å². The summed E-state index contributed by atoms with van der Waals surface area (Å²) < 4.78 is 33.2. The highest BCUT2D eigenvalue weighted by Gasteiger charge is 2.25. The van der Waals surface area contributed by atoms with Gasteiger partial charge in [0.2, 0.25) is 0 Å². The highest BCUT2D eigenvalue weighted by atomic mass is 32.2. The van der Waals surface area contributed by atoms with Crippen molar-refractivity contribution in [2.75, 3.05) is 11.4 Å². The Bertz CT molecular complexity index is 968. The van der Waals surface area contributed by atoms with E-state index in [1.807, 2.05) is 61.5 Å². The van der Waals surface area contributed by atoms with Gasteiger partial charge in [-0.2, -0.15) is 0 Å². The molecule has 0 atom stereocenters.